The molecule has 0 saturated carbocycles. The normalized spacial score (nSPS) is 8.00. The molecule has 0 saturated heterocycles. The monoisotopic (exact) mass is 206 g/mol. The third kappa shape index (κ3) is 9.86. The van der Waals surface area contributed by atoms with Crippen molar-refractivity contribution in [1.29, 1.82) is 0 Å². The first kappa shape index (κ1) is 10.9. The average Bonchev–Trinajstić information content (AvgIpc) is 1.87. The predicted molar refractivity (Wildman–Crippen MR) is 54.5 cm³/mol. The molecule has 0 aromatic heterocycles. The average molecular weight is 207 g/mol. The third-order valence-electron chi connectivity index (χ3n) is 0.940. The van der Waals surface area contributed by atoms with Crippen LogP contribution in [0.25, 0.3) is 0 Å². The summed E-state index contributed by atoms with van der Waals surface area (Å²) in [6, 6.07) is 10.3. The van der Waals surface area contributed by atoms with Crippen LogP contribution in [0, 0.1) is 6.92 Å². The minimum atomic E-state index is -0.479. The Labute approximate surface area is 75.7 Å². The summed E-state index contributed by atoms with van der Waals surface area (Å²) in [7, 11) is 0. The van der Waals surface area contributed by atoms with Crippen LogP contribution in [0.1, 0.15) is 5.56 Å². The van der Waals surface area contributed by atoms with Crippen LogP contribution in [0.5, 0.6) is 0 Å². The van der Waals surface area contributed by atoms with Crippen LogP contribution in [-0.2, 0) is 0 Å². The topological polar surface area (TPSA) is 0 Å². The minimum absolute atomic E-state index is 0.479. The summed E-state index contributed by atoms with van der Waals surface area (Å²) in [5.74, 6) is 0. The van der Waals surface area contributed by atoms with Crippen molar-refractivity contribution in [1.82, 2.24) is 0 Å². The molecule has 0 aliphatic carbocycles. The van der Waals surface area contributed by atoms with Gasteiger partial charge >= 0.3 is 32.7 Å². The molecular formula is C10H17Ga. The van der Waals surface area contributed by atoms with Crippen molar-refractivity contribution in [2.24, 2.45) is 0 Å². The van der Waals surface area contributed by atoms with Crippen LogP contribution in [0.15, 0.2) is 30.3 Å². The molecule has 0 heterocycles. The van der Waals surface area contributed by atoms with E-state index in [9.17, 15) is 0 Å². The molecule has 1 heteroatoms. The Hall–Kier alpha value is -0.144. The van der Waals surface area contributed by atoms with Crippen LogP contribution in [0.4, 0.5) is 0 Å². The summed E-state index contributed by atoms with van der Waals surface area (Å²) >= 11 is -0.479. The van der Waals surface area contributed by atoms with Gasteiger partial charge < -0.3 is 0 Å². The molecule has 1 aromatic carbocycles. The van der Waals surface area contributed by atoms with Crippen molar-refractivity contribution in [3.05, 3.63) is 35.9 Å². The van der Waals surface area contributed by atoms with Crippen LogP contribution in [-0.4, -0.2) is 16.2 Å². The van der Waals surface area contributed by atoms with E-state index in [1.807, 2.05) is 18.2 Å². The second-order valence-electron chi connectivity index (χ2n) is 3.39. The molecule has 0 aliphatic rings. The van der Waals surface area contributed by atoms with Gasteiger partial charge in [0.15, 0.2) is 0 Å². The van der Waals surface area contributed by atoms with Gasteiger partial charge in [-0.3, -0.25) is 0 Å². The Morgan fingerprint density at radius 2 is 1.27 bits per heavy atom. The Balaban J connectivity index is 0.000000218. The molecule has 0 fully saturated rings. The van der Waals surface area contributed by atoms with Gasteiger partial charge in [0, 0.05) is 0 Å². The summed E-state index contributed by atoms with van der Waals surface area (Å²) in [6.45, 7) is 2.08. The molecule has 0 unspecified atom stereocenters. The standard InChI is InChI=1S/C7H8.3CH3.Ga/c1-7-5-3-2-4-6-7;;;;/h2-6H,1H3;3*1H3;. The van der Waals surface area contributed by atoms with E-state index in [4.69, 9.17) is 0 Å². The molecule has 0 bridgehead atoms. The second-order valence-corrected chi connectivity index (χ2v) is 10.7. The van der Waals surface area contributed by atoms with Crippen LogP contribution in [0.2, 0.25) is 16.4 Å². The fourth-order valence-corrected chi connectivity index (χ4v) is 0.534. The van der Waals surface area contributed by atoms with Crippen molar-refractivity contribution in [3.8, 4) is 0 Å². The first-order chi connectivity index (χ1) is 5.13. The SMILES string of the molecule is Cc1ccccc1.[CH3][Ga]([CH3])[CH3]. The van der Waals surface area contributed by atoms with Crippen molar-refractivity contribution in [2.45, 2.75) is 23.4 Å². The van der Waals surface area contributed by atoms with Crippen LogP contribution < -0.4 is 0 Å². The number of benzene rings is 1. The molecule has 1 rings (SSSR count). The van der Waals surface area contributed by atoms with Crippen LogP contribution >= 0.6 is 0 Å². The summed E-state index contributed by atoms with van der Waals surface area (Å²) in [5, 5.41) is 0. The van der Waals surface area contributed by atoms with Gasteiger partial charge in [0.1, 0.15) is 0 Å². The maximum absolute atomic E-state index is 2.35. The fraction of sp³-hybridized carbons (Fsp3) is 0.400. The van der Waals surface area contributed by atoms with E-state index in [1.54, 1.807) is 0 Å². The zero-order valence-electron chi connectivity index (χ0n) is 7.96. The molecule has 0 nitrogen and oxygen atoms in total. The van der Waals surface area contributed by atoms with Gasteiger partial charge in [-0.25, -0.2) is 0 Å². The summed E-state index contributed by atoms with van der Waals surface area (Å²) in [5.41, 5.74) is 8.38. The van der Waals surface area contributed by atoms with Gasteiger partial charge in [0.25, 0.3) is 0 Å². The zero-order chi connectivity index (χ0) is 8.69. The molecule has 0 amide bonds. The zero-order valence-corrected chi connectivity index (χ0v) is 10.4. The van der Waals surface area contributed by atoms with E-state index in [-0.39, 0.29) is 0 Å². The Kier molecular flexibility index (Phi) is 6.47. The van der Waals surface area contributed by atoms with E-state index < -0.39 is 16.2 Å². The summed E-state index contributed by atoms with van der Waals surface area (Å²) < 4.78 is 0. The Morgan fingerprint density at radius 1 is 0.909 bits per heavy atom. The quantitative estimate of drug-likeness (QED) is 0.572. The second kappa shape index (κ2) is 6.56. The third-order valence-corrected chi connectivity index (χ3v) is 0.940. The van der Waals surface area contributed by atoms with E-state index in [0.717, 1.165) is 0 Å². The van der Waals surface area contributed by atoms with Crippen molar-refractivity contribution in [2.75, 3.05) is 0 Å². The molecular weight excluding hydrogens is 190 g/mol. The Bertz CT molecular complexity index is 165. The van der Waals surface area contributed by atoms with Gasteiger partial charge in [-0.2, -0.15) is 0 Å². The summed E-state index contributed by atoms with van der Waals surface area (Å²) in [4.78, 5) is 0. The van der Waals surface area contributed by atoms with Gasteiger partial charge in [-0.1, -0.05) is 35.9 Å². The van der Waals surface area contributed by atoms with Crippen molar-refractivity contribution < 1.29 is 0 Å². The summed E-state index contributed by atoms with van der Waals surface area (Å²) in [6.07, 6.45) is 0. The van der Waals surface area contributed by atoms with Crippen LogP contribution in [0.3, 0.4) is 0 Å². The number of hydrogen-bond donors (Lipinski definition) is 0. The number of rotatable bonds is 0. The first-order valence-corrected chi connectivity index (χ1v) is 11.4. The van der Waals surface area contributed by atoms with E-state index in [0.29, 0.717) is 0 Å². The van der Waals surface area contributed by atoms with Gasteiger partial charge in [-0.05, 0) is 6.92 Å². The van der Waals surface area contributed by atoms with E-state index >= 15 is 0 Å². The predicted octanol–water partition coefficient (Wildman–Crippen LogP) is 3.37. The Morgan fingerprint density at radius 3 is 1.45 bits per heavy atom. The number of aryl methyl sites for hydroxylation is 1. The van der Waals surface area contributed by atoms with E-state index in [1.165, 1.54) is 5.56 Å². The molecule has 0 radical (unpaired) electrons. The van der Waals surface area contributed by atoms with Gasteiger partial charge in [-0.15, -0.1) is 0 Å². The molecule has 11 heavy (non-hydrogen) atoms. The van der Waals surface area contributed by atoms with Crippen molar-refractivity contribution >= 4 is 16.2 Å². The maximum atomic E-state index is 2.35. The number of hydrogen-bond acceptors (Lipinski definition) is 0. The van der Waals surface area contributed by atoms with Gasteiger partial charge in [0.05, 0.1) is 0 Å². The molecule has 0 spiro atoms. The van der Waals surface area contributed by atoms with Gasteiger partial charge in [0.2, 0.25) is 0 Å². The van der Waals surface area contributed by atoms with E-state index in [2.05, 4.69) is 35.5 Å². The molecule has 0 aliphatic heterocycles. The fourth-order valence-electron chi connectivity index (χ4n) is 0.534. The molecule has 0 atom stereocenters. The first-order valence-electron chi connectivity index (χ1n) is 4.14. The van der Waals surface area contributed by atoms with Crippen molar-refractivity contribution in [3.63, 3.8) is 0 Å². The molecule has 0 N–H and O–H groups in total. The molecule has 1 aromatic rings. The molecule has 60 valence electrons.